The van der Waals surface area contributed by atoms with Crippen molar-refractivity contribution < 1.29 is 0 Å². The molecule has 0 spiro atoms. The minimum atomic E-state index is 0.157. The van der Waals surface area contributed by atoms with Crippen LogP contribution in [-0.4, -0.2) is 36.1 Å². The minimum absolute atomic E-state index is 0.157. The lowest BCUT2D eigenvalue weighted by molar-refractivity contribution is 0.0610. The van der Waals surface area contributed by atoms with E-state index in [2.05, 4.69) is 45.0 Å². The monoisotopic (exact) mass is 155 g/mol. The highest BCUT2D eigenvalue weighted by Crippen LogP contribution is 2.22. The van der Waals surface area contributed by atoms with Crippen molar-refractivity contribution in [3.8, 4) is 0 Å². The highest BCUT2D eigenvalue weighted by Gasteiger charge is 2.36. The van der Waals surface area contributed by atoms with Crippen LogP contribution in [-0.2, 0) is 0 Å². The van der Waals surface area contributed by atoms with Gasteiger partial charge >= 0.3 is 0 Å². The van der Waals surface area contributed by atoms with Crippen LogP contribution in [0.15, 0.2) is 0 Å². The van der Waals surface area contributed by atoms with Crippen LogP contribution in [0.3, 0.4) is 0 Å². The Kier molecular flexibility index (Phi) is 2.01. The SMILES string of the molecule is CN1CC(C)(C)[N]CC1(C)C. The van der Waals surface area contributed by atoms with Gasteiger partial charge in [-0.25, -0.2) is 5.32 Å². The van der Waals surface area contributed by atoms with Crippen molar-refractivity contribution in [2.75, 3.05) is 20.1 Å². The summed E-state index contributed by atoms with van der Waals surface area (Å²) in [5.41, 5.74) is 0.416. The van der Waals surface area contributed by atoms with Gasteiger partial charge in [0.15, 0.2) is 0 Å². The van der Waals surface area contributed by atoms with Crippen molar-refractivity contribution in [3.05, 3.63) is 0 Å². The second kappa shape index (κ2) is 2.46. The van der Waals surface area contributed by atoms with Gasteiger partial charge in [-0.05, 0) is 34.7 Å². The van der Waals surface area contributed by atoms with E-state index in [1.165, 1.54) is 0 Å². The molecule has 2 nitrogen and oxygen atoms in total. The highest BCUT2D eigenvalue weighted by atomic mass is 15.3. The molecule has 1 radical (unpaired) electrons. The van der Waals surface area contributed by atoms with Crippen molar-refractivity contribution in [2.45, 2.75) is 38.8 Å². The van der Waals surface area contributed by atoms with Crippen molar-refractivity contribution in [1.29, 1.82) is 0 Å². The number of hydrogen-bond acceptors (Lipinski definition) is 1. The molecular formula is C9H19N2. The molecule has 1 fully saturated rings. The molecule has 1 aliphatic heterocycles. The average molecular weight is 155 g/mol. The Morgan fingerprint density at radius 2 is 1.73 bits per heavy atom. The zero-order valence-electron chi connectivity index (χ0n) is 8.31. The van der Waals surface area contributed by atoms with E-state index < -0.39 is 0 Å². The fourth-order valence-electron chi connectivity index (χ4n) is 1.37. The first-order valence-electron chi connectivity index (χ1n) is 4.23. The molecule has 0 aromatic heterocycles. The lowest BCUT2D eigenvalue weighted by Crippen LogP contribution is -2.61. The summed E-state index contributed by atoms with van der Waals surface area (Å²) in [6, 6.07) is 0. The van der Waals surface area contributed by atoms with Crippen LogP contribution in [0.2, 0.25) is 0 Å². The maximum atomic E-state index is 4.62. The Balaban J connectivity index is 2.63. The van der Waals surface area contributed by atoms with Gasteiger partial charge in [0, 0.05) is 24.2 Å². The molecular weight excluding hydrogens is 136 g/mol. The largest absolute Gasteiger partial charge is 0.298 e. The molecule has 0 N–H and O–H groups in total. The van der Waals surface area contributed by atoms with E-state index in [1.54, 1.807) is 0 Å². The smallest absolute Gasteiger partial charge is 0.0428 e. The lowest BCUT2D eigenvalue weighted by atomic mass is 9.92. The van der Waals surface area contributed by atoms with Crippen LogP contribution in [0.25, 0.3) is 0 Å². The van der Waals surface area contributed by atoms with Gasteiger partial charge in [-0.3, -0.25) is 4.90 Å². The molecule has 1 aliphatic rings. The fraction of sp³-hybridized carbons (Fsp3) is 1.00. The van der Waals surface area contributed by atoms with E-state index in [4.69, 9.17) is 0 Å². The first kappa shape index (κ1) is 9.01. The van der Waals surface area contributed by atoms with Gasteiger partial charge in [0.05, 0.1) is 0 Å². The molecule has 11 heavy (non-hydrogen) atoms. The van der Waals surface area contributed by atoms with Crippen LogP contribution < -0.4 is 5.32 Å². The van der Waals surface area contributed by atoms with Crippen LogP contribution >= 0.6 is 0 Å². The Morgan fingerprint density at radius 1 is 1.18 bits per heavy atom. The first-order chi connectivity index (χ1) is 4.83. The average Bonchev–Trinajstić information content (AvgIpc) is 1.81. The molecule has 65 valence electrons. The summed E-state index contributed by atoms with van der Waals surface area (Å²) >= 11 is 0. The number of piperazine rings is 1. The molecule has 0 bridgehead atoms. The Morgan fingerprint density at radius 3 is 2.09 bits per heavy atom. The van der Waals surface area contributed by atoms with E-state index in [1.807, 2.05) is 0 Å². The molecule has 1 saturated heterocycles. The number of hydrogen-bond donors (Lipinski definition) is 0. The lowest BCUT2D eigenvalue weighted by Gasteiger charge is -2.46. The van der Waals surface area contributed by atoms with Crippen molar-refractivity contribution >= 4 is 0 Å². The number of nitrogens with zero attached hydrogens (tertiary/aromatic N) is 2. The maximum absolute atomic E-state index is 4.62. The third-order valence-electron chi connectivity index (χ3n) is 2.55. The molecule has 1 rings (SSSR count). The van der Waals surface area contributed by atoms with Crippen molar-refractivity contribution in [2.24, 2.45) is 0 Å². The summed E-state index contributed by atoms with van der Waals surface area (Å²) in [5.74, 6) is 0. The van der Waals surface area contributed by atoms with E-state index in [0.29, 0.717) is 0 Å². The standard InChI is InChI=1S/C9H19N2/c1-8(2)7-11(5)9(3,4)6-10-8/h6-7H2,1-5H3. The normalized spacial score (nSPS) is 30.3. The minimum Gasteiger partial charge on any atom is -0.298 e. The van der Waals surface area contributed by atoms with Crippen LogP contribution in [0, 0.1) is 0 Å². The molecule has 0 atom stereocenters. The Labute approximate surface area is 70.0 Å². The summed E-state index contributed by atoms with van der Waals surface area (Å²) in [7, 11) is 2.18. The molecule has 0 aromatic carbocycles. The third-order valence-corrected chi connectivity index (χ3v) is 2.55. The molecule has 0 saturated carbocycles. The fourth-order valence-corrected chi connectivity index (χ4v) is 1.37. The van der Waals surface area contributed by atoms with Gasteiger partial charge < -0.3 is 0 Å². The first-order valence-corrected chi connectivity index (χ1v) is 4.23. The van der Waals surface area contributed by atoms with Crippen molar-refractivity contribution in [1.82, 2.24) is 10.2 Å². The van der Waals surface area contributed by atoms with Crippen LogP contribution in [0.4, 0.5) is 0 Å². The Bertz CT molecular complexity index is 150. The summed E-state index contributed by atoms with van der Waals surface area (Å²) in [5, 5.41) is 4.62. The van der Waals surface area contributed by atoms with E-state index in [0.717, 1.165) is 13.1 Å². The van der Waals surface area contributed by atoms with Crippen LogP contribution in [0.1, 0.15) is 27.7 Å². The van der Waals surface area contributed by atoms with E-state index in [9.17, 15) is 0 Å². The van der Waals surface area contributed by atoms with Gasteiger partial charge in [-0.1, -0.05) is 0 Å². The summed E-state index contributed by atoms with van der Waals surface area (Å²) < 4.78 is 0. The molecule has 0 unspecified atom stereocenters. The molecule has 2 heteroatoms. The zero-order chi connectivity index (χ0) is 8.70. The third kappa shape index (κ3) is 1.94. The van der Waals surface area contributed by atoms with Gasteiger partial charge in [-0.2, -0.15) is 0 Å². The van der Waals surface area contributed by atoms with Gasteiger partial charge in [0.25, 0.3) is 0 Å². The highest BCUT2D eigenvalue weighted by molar-refractivity contribution is 4.95. The van der Waals surface area contributed by atoms with E-state index >= 15 is 0 Å². The molecule has 0 aromatic rings. The van der Waals surface area contributed by atoms with Crippen molar-refractivity contribution in [3.63, 3.8) is 0 Å². The number of rotatable bonds is 0. The molecule has 0 amide bonds. The maximum Gasteiger partial charge on any atom is 0.0428 e. The van der Waals surface area contributed by atoms with Gasteiger partial charge in [0.1, 0.15) is 0 Å². The topological polar surface area (TPSA) is 17.3 Å². The summed E-state index contributed by atoms with van der Waals surface area (Å²) in [6.45, 7) is 10.9. The Hall–Kier alpha value is -0.0800. The quantitative estimate of drug-likeness (QED) is 0.512. The second-order valence-corrected chi connectivity index (χ2v) is 4.80. The summed E-state index contributed by atoms with van der Waals surface area (Å²) in [4.78, 5) is 2.39. The zero-order valence-corrected chi connectivity index (χ0v) is 8.31. The number of likely N-dealkylation sites (N-methyl/N-ethyl adjacent to an activating group) is 1. The predicted molar refractivity (Wildman–Crippen MR) is 47.8 cm³/mol. The van der Waals surface area contributed by atoms with Crippen LogP contribution in [0.5, 0.6) is 0 Å². The van der Waals surface area contributed by atoms with Gasteiger partial charge in [-0.15, -0.1) is 0 Å². The van der Waals surface area contributed by atoms with E-state index in [-0.39, 0.29) is 11.1 Å². The second-order valence-electron chi connectivity index (χ2n) is 4.80. The van der Waals surface area contributed by atoms with Gasteiger partial charge in [0.2, 0.25) is 0 Å². The molecule has 1 heterocycles. The predicted octanol–water partition coefficient (Wildman–Crippen LogP) is 1.09. The molecule has 0 aliphatic carbocycles. The summed E-state index contributed by atoms with van der Waals surface area (Å²) in [6.07, 6.45) is 0.